The minimum atomic E-state index is -2.10. The van der Waals surface area contributed by atoms with Crippen molar-refractivity contribution in [2.24, 2.45) is 0 Å². The van der Waals surface area contributed by atoms with Crippen molar-refractivity contribution in [2.45, 2.75) is 0 Å². The van der Waals surface area contributed by atoms with Crippen LogP contribution in [0, 0.1) is 0 Å². The van der Waals surface area contributed by atoms with Crippen LogP contribution < -0.4 is 0 Å². The number of aliphatic hydroxyl groups is 2. The number of hydrogen-bond acceptors (Lipinski definition) is 8. The summed E-state index contributed by atoms with van der Waals surface area (Å²) in [6.07, 6.45) is 0. The monoisotopic (exact) mass is 197 g/mol. The average Bonchev–Trinajstić information content (AvgIpc) is 2.09. The van der Waals surface area contributed by atoms with Crippen molar-refractivity contribution in [1.29, 1.82) is 0 Å². The Bertz CT molecular complexity index is 107. The molecule has 0 saturated carbocycles. The lowest BCUT2D eigenvalue weighted by molar-refractivity contribution is -0.502. The van der Waals surface area contributed by atoms with E-state index in [0.29, 0.717) is 5.39 Å². The van der Waals surface area contributed by atoms with E-state index in [1.165, 1.54) is 0 Å². The molecule has 0 rings (SSSR count). The quantitative estimate of drug-likeness (QED) is 0.241. The highest BCUT2D eigenvalue weighted by Crippen LogP contribution is 1.94. The summed E-state index contributed by atoms with van der Waals surface area (Å²) in [7, 11) is -2.10. The molecule has 0 aliphatic rings. The van der Waals surface area contributed by atoms with Gasteiger partial charge >= 0.3 is 7.32 Å². The van der Waals surface area contributed by atoms with Crippen LogP contribution in [0.3, 0.4) is 0 Å². The van der Waals surface area contributed by atoms with Gasteiger partial charge in [-0.15, -0.1) is 0 Å². The van der Waals surface area contributed by atoms with Crippen LogP contribution in [0.2, 0.25) is 0 Å². The molecular formula is C4H12BNO7. The predicted molar refractivity (Wildman–Crippen MR) is 39.2 cm³/mol. The van der Waals surface area contributed by atoms with Crippen molar-refractivity contribution in [3.63, 3.8) is 0 Å². The van der Waals surface area contributed by atoms with E-state index < -0.39 is 7.32 Å². The van der Waals surface area contributed by atoms with Crippen LogP contribution in [0.5, 0.6) is 0 Å². The molecule has 8 nitrogen and oxygen atoms in total. The zero-order valence-corrected chi connectivity index (χ0v) is 6.87. The normalized spacial score (nSPS) is 10.8. The third kappa shape index (κ3) is 8.09. The summed E-state index contributed by atoms with van der Waals surface area (Å²) in [6.45, 7) is -0.857. The van der Waals surface area contributed by atoms with E-state index in [2.05, 4.69) is 14.4 Å². The van der Waals surface area contributed by atoms with Gasteiger partial charge in [-0.25, -0.2) is 14.4 Å². The lowest BCUT2D eigenvalue weighted by Gasteiger charge is -2.18. The van der Waals surface area contributed by atoms with Crippen molar-refractivity contribution in [3.8, 4) is 0 Å². The molecule has 0 aliphatic heterocycles. The Hall–Kier alpha value is -0.255. The number of nitrogens with zero attached hydrogens (tertiary/aromatic N) is 1. The Labute approximate surface area is 74.9 Å². The molecule has 13 heavy (non-hydrogen) atoms. The molecular weight excluding hydrogens is 185 g/mol. The van der Waals surface area contributed by atoms with Gasteiger partial charge in [-0.05, 0) is 0 Å². The van der Waals surface area contributed by atoms with Crippen molar-refractivity contribution >= 4 is 7.32 Å². The first-order chi connectivity index (χ1) is 6.20. The second kappa shape index (κ2) is 8.35. The van der Waals surface area contributed by atoms with Crippen LogP contribution in [0.4, 0.5) is 0 Å². The summed E-state index contributed by atoms with van der Waals surface area (Å²) in [5.74, 6) is 0. The van der Waals surface area contributed by atoms with Crippen LogP contribution >= 0.6 is 0 Å². The zero-order chi connectivity index (χ0) is 10.1. The molecule has 78 valence electrons. The molecule has 0 radical (unpaired) electrons. The van der Waals surface area contributed by atoms with E-state index in [1.807, 2.05) is 0 Å². The topological polar surface area (TPSA) is 112 Å². The molecule has 4 N–H and O–H groups in total. The minimum absolute atomic E-state index is 0.141. The van der Waals surface area contributed by atoms with Crippen LogP contribution in [0.1, 0.15) is 0 Å². The number of rotatable bonds is 8. The maximum Gasteiger partial charge on any atom is 0.655 e. The summed E-state index contributed by atoms with van der Waals surface area (Å²) < 4.78 is 4.13. The van der Waals surface area contributed by atoms with Crippen molar-refractivity contribution in [3.05, 3.63) is 0 Å². The molecule has 0 atom stereocenters. The molecule has 0 saturated heterocycles. The van der Waals surface area contributed by atoms with Gasteiger partial charge in [-0.3, -0.25) is 0 Å². The van der Waals surface area contributed by atoms with Gasteiger partial charge < -0.3 is 20.3 Å². The van der Waals surface area contributed by atoms with Gasteiger partial charge in [0.1, 0.15) is 0 Å². The highest BCUT2D eigenvalue weighted by molar-refractivity contribution is 6.32. The largest absolute Gasteiger partial charge is 0.655 e. The molecule has 0 aromatic heterocycles. The highest BCUT2D eigenvalue weighted by atomic mass is 17.2. The summed E-state index contributed by atoms with van der Waals surface area (Å²) in [6, 6.07) is 0. The van der Waals surface area contributed by atoms with Crippen LogP contribution in [0.15, 0.2) is 0 Å². The Morgan fingerprint density at radius 2 is 1.46 bits per heavy atom. The first-order valence-electron chi connectivity index (χ1n) is 3.51. The summed E-state index contributed by atoms with van der Waals surface area (Å²) in [5, 5.41) is 33.6. The number of hydrogen-bond donors (Lipinski definition) is 4. The SMILES string of the molecule is OCCON(OCCO)OB(O)O. The average molecular weight is 197 g/mol. The third-order valence-electron chi connectivity index (χ3n) is 0.756. The van der Waals surface area contributed by atoms with E-state index in [1.54, 1.807) is 0 Å². The summed E-state index contributed by atoms with van der Waals surface area (Å²) in [5.41, 5.74) is 0. The minimum Gasteiger partial charge on any atom is -0.401 e. The molecule has 9 heteroatoms. The fourth-order valence-corrected chi connectivity index (χ4v) is 0.406. The van der Waals surface area contributed by atoms with Crippen molar-refractivity contribution < 1.29 is 34.7 Å². The van der Waals surface area contributed by atoms with Crippen LogP contribution in [-0.2, 0) is 14.4 Å². The Morgan fingerprint density at radius 3 is 1.77 bits per heavy atom. The molecule has 0 heterocycles. The van der Waals surface area contributed by atoms with Gasteiger partial charge in [0.2, 0.25) is 0 Å². The van der Waals surface area contributed by atoms with Gasteiger partial charge in [0, 0.05) is 0 Å². The lowest BCUT2D eigenvalue weighted by Crippen LogP contribution is -2.34. The van der Waals surface area contributed by atoms with E-state index in [4.69, 9.17) is 20.3 Å². The van der Waals surface area contributed by atoms with Gasteiger partial charge in [-0.2, -0.15) is 0 Å². The first-order valence-corrected chi connectivity index (χ1v) is 3.51. The smallest absolute Gasteiger partial charge is 0.401 e. The second-order valence-corrected chi connectivity index (χ2v) is 1.77. The lowest BCUT2D eigenvalue weighted by atomic mass is 10.3. The van der Waals surface area contributed by atoms with E-state index in [0.717, 1.165) is 0 Å². The molecule has 0 aromatic rings. The van der Waals surface area contributed by atoms with E-state index >= 15 is 0 Å². The van der Waals surface area contributed by atoms with Crippen molar-refractivity contribution in [1.82, 2.24) is 5.39 Å². The first kappa shape index (κ1) is 12.7. The molecule has 0 bridgehead atoms. The molecule has 0 spiro atoms. The Kier molecular flexibility index (Phi) is 8.18. The molecule has 0 fully saturated rings. The summed E-state index contributed by atoms with van der Waals surface area (Å²) in [4.78, 5) is 9.02. The molecule has 0 amide bonds. The summed E-state index contributed by atoms with van der Waals surface area (Å²) >= 11 is 0. The van der Waals surface area contributed by atoms with Gasteiger partial charge in [0.05, 0.1) is 31.8 Å². The van der Waals surface area contributed by atoms with Crippen LogP contribution in [0.25, 0.3) is 0 Å². The van der Waals surface area contributed by atoms with Gasteiger partial charge in [-0.1, -0.05) is 0 Å². The third-order valence-corrected chi connectivity index (χ3v) is 0.756. The molecule has 0 aliphatic carbocycles. The molecule has 0 unspecified atom stereocenters. The Morgan fingerprint density at radius 1 is 1.00 bits per heavy atom. The zero-order valence-electron chi connectivity index (χ0n) is 6.87. The van der Waals surface area contributed by atoms with E-state index in [9.17, 15) is 0 Å². The molecule has 0 aromatic carbocycles. The number of aliphatic hydroxyl groups excluding tert-OH is 2. The maximum absolute atomic E-state index is 8.34. The van der Waals surface area contributed by atoms with E-state index in [-0.39, 0.29) is 26.4 Å². The highest BCUT2D eigenvalue weighted by Gasteiger charge is 2.17. The maximum atomic E-state index is 8.34. The van der Waals surface area contributed by atoms with Gasteiger partial charge in [0.25, 0.3) is 0 Å². The predicted octanol–water partition coefficient (Wildman–Crippen LogP) is -2.96. The Balaban J connectivity index is 3.60. The standard InChI is InChI=1S/C4H12BNO7/c7-1-3-11-6(12-4-2-8)13-5(9)10/h7-10H,1-4H2. The second-order valence-electron chi connectivity index (χ2n) is 1.77. The fourth-order valence-electron chi connectivity index (χ4n) is 0.406. The fraction of sp³-hybridized carbons (Fsp3) is 1.00. The van der Waals surface area contributed by atoms with Crippen LogP contribution in [-0.4, -0.2) is 59.4 Å². The van der Waals surface area contributed by atoms with Crippen molar-refractivity contribution in [2.75, 3.05) is 26.4 Å². The van der Waals surface area contributed by atoms with Gasteiger partial charge in [0.15, 0.2) is 0 Å².